The number of amides is 6. The molecule has 7 N–H and O–H groups in total. The fraction of sp³-hybridized carbons (Fsp3) is 0.450. The van der Waals surface area contributed by atoms with Gasteiger partial charge in [-0.2, -0.15) is 5.26 Å². The molecule has 8 aromatic rings. The van der Waals surface area contributed by atoms with E-state index in [1.54, 1.807) is 24.3 Å². The first kappa shape index (κ1) is 115. The summed E-state index contributed by atoms with van der Waals surface area (Å²) in [6, 6.07) is 55.6. The third-order valence-electron chi connectivity index (χ3n) is 25.7. The molecule has 142 heavy (non-hydrogen) atoms. The number of aliphatic hydroxyl groups is 1. The van der Waals surface area contributed by atoms with Gasteiger partial charge in [0.15, 0.2) is 28.6 Å². The molecule has 1 unspecified atom stereocenters. The molecule has 0 heterocycles. The number of fused-ring (bicyclic) bond motifs is 2. The summed E-state index contributed by atoms with van der Waals surface area (Å²) < 4.78 is 65.3. The molecule has 0 spiro atoms. The Morgan fingerprint density at radius 3 is 1.13 bits per heavy atom. The van der Waals surface area contributed by atoms with Crippen molar-refractivity contribution in [3.8, 4) is 6.07 Å². The zero-order chi connectivity index (χ0) is 102. The molecule has 31 heteroatoms. The average molecular weight is 1980 g/mol. The number of aliphatic hydroxyl groups excluding tert-OH is 1. The zero-order valence-electron chi connectivity index (χ0n) is 82.4. The summed E-state index contributed by atoms with van der Waals surface area (Å²) in [5.74, 6) is -7.11. The zero-order valence-corrected chi connectivity index (χ0v) is 85.2. The van der Waals surface area contributed by atoms with E-state index >= 15 is 0 Å². The first-order chi connectivity index (χ1) is 67.5. The molecule has 28 nitrogen and oxygen atoms in total. The minimum Gasteiger partial charge on any atom is -0.746 e. The van der Waals surface area contributed by atoms with E-state index < -0.39 is 129 Å². The monoisotopic (exact) mass is 1970 g/mol. The second kappa shape index (κ2) is 59.1. The van der Waals surface area contributed by atoms with Crippen LogP contribution in [-0.4, -0.2) is 143 Å². The predicted molar refractivity (Wildman–Crippen MR) is 530 cm³/mol. The van der Waals surface area contributed by atoms with Crippen molar-refractivity contribution in [1.29, 1.82) is 5.26 Å². The molecule has 3 aliphatic carbocycles. The summed E-state index contributed by atoms with van der Waals surface area (Å²) in [6.07, 6.45) is 8.72. The number of Topliss-reactive ketones (excluding diaryl/α,β-unsaturated/α-hetero) is 7. The molecule has 0 aromatic heterocycles. The van der Waals surface area contributed by atoms with Crippen LogP contribution in [0.15, 0.2) is 212 Å². The molecule has 0 saturated heterocycles. The van der Waals surface area contributed by atoms with Gasteiger partial charge in [-0.1, -0.05) is 249 Å². The number of carbonyl (C=O) groups excluding carboxylic acids is 14. The van der Waals surface area contributed by atoms with Crippen molar-refractivity contribution in [2.24, 2.45) is 53.3 Å². The Labute approximate surface area is 853 Å². The normalized spacial score (nSPS) is 17.0. The average Bonchev–Trinajstić information content (AvgIpc) is 0.822. The molecular weight excluding hydrogens is 1840 g/mol. The Bertz CT molecular complexity index is 5750. The van der Waals surface area contributed by atoms with Gasteiger partial charge in [-0.15, -0.1) is 0 Å². The van der Waals surface area contributed by atoms with Gasteiger partial charge in [0.2, 0.25) is 17.7 Å². The number of nitrogens with one attached hydrogen (secondary N) is 6. The number of benzene rings is 8. The molecule has 3 saturated carbocycles. The van der Waals surface area contributed by atoms with Crippen LogP contribution >= 0.6 is 0 Å². The Morgan fingerprint density at radius 1 is 0.444 bits per heavy atom. The van der Waals surface area contributed by atoms with Crippen LogP contribution < -0.4 is 61.5 Å². The van der Waals surface area contributed by atoms with Crippen molar-refractivity contribution in [3.63, 3.8) is 0 Å². The number of nitriles is 1. The van der Waals surface area contributed by atoms with E-state index in [-0.39, 0.29) is 178 Å². The van der Waals surface area contributed by atoms with Crippen LogP contribution in [0.25, 0.3) is 21.5 Å². The molecule has 752 valence electrons. The molecule has 6 amide bonds. The number of ketones is 7. The second-order valence-electron chi connectivity index (χ2n) is 38.3. The van der Waals surface area contributed by atoms with Crippen molar-refractivity contribution in [2.75, 3.05) is 0 Å². The van der Waals surface area contributed by atoms with Crippen molar-refractivity contribution in [1.82, 2.24) is 31.9 Å². The molecule has 8 aromatic carbocycles. The maximum atomic E-state index is 14.2. The minimum atomic E-state index is -5.24. The van der Waals surface area contributed by atoms with Crippen molar-refractivity contribution in [2.45, 2.75) is 264 Å². The third-order valence-corrected chi connectivity index (χ3v) is 26.6. The summed E-state index contributed by atoms with van der Waals surface area (Å²) in [5, 5.41) is 40.2. The molecule has 13 atom stereocenters. The summed E-state index contributed by atoms with van der Waals surface area (Å²) >= 11 is 0. The smallest absolute Gasteiger partial charge is 0.746 e. The van der Waals surface area contributed by atoms with E-state index in [2.05, 4.69) is 31.9 Å². The standard InChI is InChI=1S/C41H47N3O6.C37H46N2O9S.C33H41FN2O6.Na/c1-27(2)20-33(40(48)43-35(22-34(25-42)28(3)45)21-32-15-8-10-19-38(32)46)24-39(47)37(44-41(49)50-26-29-12-5-4-6-13-29)23-31-17-11-16-30-14-7-9-18-36(30)31;1-24(2)19-29(35(42)38-32(36(43)49(45,46)47)21-28-14-7-9-18-33(28)40)22-34(41)31(39-37(44)48-23-25-11-4-3-5-12-25)20-27-16-10-15-26-13-6-8-17-30(26)27;1-22(2)16-26(32(40)35-28(20-37)18-25-10-6-7-11-30(25)38)19-31(39)29(17-23-12-14-27(34)15-13-23)36-33(41)42-21-24-8-4-3-5-9-24;/h4-7,9,11-14,16-18,22,27,32-33,35,37H,8,10,15,19-21,23-24,26H2,1-3H3,(H,43,48)(H,44,49);3-6,8,10-13,15-17,24,28-29,31-32,36,43H,7,9,14,18-23H2,1-2H3,(H,38,42)(H,39,44)(H,45,46,47);3-5,8-9,12-15,20,22,25-26,28-29H,6-7,10-11,16-19,21H2,1-2H3,(H,35,40)(H,36,41);/q;;;+1/p-1/b34-22+;;;/t32-,33+,35-,37-;28-,29+,31-,32-,36?;25-,26+,28-,29-;/m000./s1. The molecule has 0 radical (unpaired) electrons. The summed E-state index contributed by atoms with van der Waals surface area (Å²) in [7, 11) is -5.24. The quantitative estimate of drug-likeness (QED) is 0.00465. The van der Waals surface area contributed by atoms with Gasteiger partial charge in [-0.25, -0.2) is 27.2 Å². The largest absolute Gasteiger partial charge is 1.00 e. The van der Waals surface area contributed by atoms with Crippen LogP contribution in [0, 0.1) is 70.4 Å². The van der Waals surface area contributed by atoms with Crippen molar-refractivity contribution < 1.29 is 133 Å². The number of aldehydes is 1. The van der Waals surface area contributed by atoms with E-state index in [9.17, 15) is 94.9 Å². The van der Waals surface area contributed by atoms with Gasteiger partial charge in [0.25, 0.3) is 0 Å². The van der Waals surface area contributed by atoms with Gasteiger partial charge in [0.05, 0.1) is 35.8 Å². The van der Waals surface area contributed by atoms with Crippen molar-refractivity contribution >= 4 is 114 Å². The number of hydrogen-bond acceptors (Lipinski definition) is 22. The maximum absolute atomic E-state index is 14.2. The number of ether oxygens (including phenoxy) is 3. The minimum absolute atomic E-state index is 0. The number of hydrogen-bond donors (Lipinski definition) is 7. The van der Waals surface area contributed by atoms with Gasteiger partial charge < -0.3 is 60.6 Å². The predicted octanol–water partition coefficient (Wildman–Crippen LogP) is 13.9. The summed E-state index contributed by atoms with van der Waals surface area (Å²) in [6.45, 7) is 12.8. The Kier molecular flexibility index (Phi) is 47.9. The maximum Gasteiger partial charge on any atom is 1.00 e. The fourth-order valence-corrected chi connectivity index (χ4v) is 18.9. The van der Waals surface area contributed by atoms with E-state index in [0.717, 1.165) is 81.5 Å². The molecule has 11 rings (SSSR count). The number of halogens is 1. The summed E-state index contributed by atoms with van der Waals surface area (Å²) in [5.41, 5.74) is 2.07. The number of carbonyl (C=O) groups is 14. The number of rotatable bonds is 47. The Morgan fingerprint density at radius 2 is 0.782 bits per heavy atom. The van der Waals surface area contributed by atoms with Gasteiger partial charge in [0, 0.05) is 92.9 Å². The third kappa shape index (κ3) is 39.0. The van der Waals surface area contributed by atoms with E-state index in [1.807, 2.05) is 199 Å². The second-order valence-corrected chi connectivity index (χ2v) is 39.8. The van der Waals surface area contributed by atoms with E-state index in [0.29, 0.717) is 69.6 Å². The van der Waals surface area contributed by atoms with Gasteiger partial charge in [-0.05, 0) is 181 Å². The van der Waals surface area contributed by atoms with E-state index in [1.165, 1.54) is 37.3 Å². The van der Waals surface area contributed by atoms with Gasteiger partial charge in [0.1, 0.15) is 65.5 Å². The van der Waals surface area contributed by atoms with Gasteiger partial charge >= 0.3 is 47.8 Å². The first-order valence-corrected chi connectivity index (χ1v) is 50.3. The molecular formula is C111H133FN7NaO21S. The van der Waals surface area contributed by atoms with Crippen LogP contribution in [0.3, 0.4) is 0 Å². The summed E-state index contributed by atoms with van der Waals surface area (Å²) in [4.78, 5) is 183. The van der Waals surface area contributed by atoms with Crippen LogP contribution in [-0.2, 0) is 116 Å². The van der Waals surface area contributed by atoms with Crippen LogP contribution in [0.1, 0.15) is 217 Å². The SMILES string of the molecule is CC(=O)/C(C#N)=C/[C@H](C[C@@H]1CCCCC1=O)NC(=O)[C@@H](CC(=O)[C@H](Cc1cccc2ccccc12)NC(=O)OCc1ccccc1)CC(C)C.CC(C)C[C@H](CC(=O)[C@H](Cc1ccc(F)cc1)NC(=O)OCc1ccccc1)C(=O)N[C@H](C=O)C[C@@H]1CCCCC1=O.CC(C)C[C@H](CC(=O)[C@H](Cc1cccc2ccccc12)NC(=O)OCc1ccccc1)C(=O)N[C@@H](C[C@@H]1CCCCC1=O)C(O)S(=O)(=O)[O-].[Na+]. The molecule has 3 aliphatic rings. The Balaban J connectivity index is 0.000000261. The number of nitrogens with zero attached hydrogens (tertiary/aromatic N) is 1. The molecule has 0 aliphatic heterocycles. The fourth-order valence-electron chi connectivity index (χ4n) is 18.3. The molecule has 3 fully saturated rings. The van der Waals surface area contributed by atoms with Crippen LogP contribution in [0.5, 0.6) is 0 Å². The topological polar surface area (TPSA) is 440 Å². The molecule has 0 bridgehead atoms. The first-order valence-electron chi connectivity index (χ1n) is 48.9. The van der Waals surface area contributed by atoms with Crippen molar-refractivity contribution in [3.05, 3.63) is 251 Å². The van der Waals surface area contributed by atoms with E-state index in [4.69, 9.17) is 14.2 Å². The number of alkyl carbamates (subject to hydrolysis) is 3. The Hall–Kier alpha value is -12.1. The van der Waals surface area contributed by atoms with Crippen LogP contribution in [0.2, 0.25) is 0 Å². The van der Waals surface area contributed by atoms with Gasteiger partial charge in [-0.3, -0.25) is 47.9 Å². The number of allylic oxidation sites excluding steroid dienone is 1. The van der Waals surface area contributed by atoms with Crippen LogP contribution in [0.4, 0.5) is 18.8 Å².